The summed E-state index contributed by atoms with van der Waals surface area (Å²) in [5.41, 5.74) is 4.31. The second kappa shape index (κ2) is 9.63. The zero-order chi connectivity index (χ0) is 27.9. The SMILES string of the molecule is CC(C)(C)Oc1cc(-n2ccc(N3CCO[C@H]([C@@](C)(O)C(=O)Nc4ccc5c(N)noc5c4)C3=O)n2)cnn1. The lowest BCUT2D eigenvalue weighted by Crippen LogP contribution is -2.61. The first-order chi connectivity index (χ1) is 18.4. The largest absolute Gasteiger partial charge is 0.471 e. The van der Waals surface area contributed by atoms with Crippen LogP contribution in [-0.2, 0) is 14.3 Å². The number of hydrogen-bond donors (Lipinski definition) is 3. The number of rotatable bonds is 6. The monoisotopic (exact) mass is 536 g/mol. The third-order valence-electron chi connectivity index (χ3n) is 5.96. The Balaban J connectivity index is 1.32. The molecule has 2 atom stereocenters. The number of fused-ring (bicyclic) bond motifs is 1. The summed E-state index contributed by atoms with van der Waals surface area (Å²) in [6, 6.07) is 8.04. The van der Waals surface area contributed by atoms with E-state index in [1.165, 1.54) is 28.8 Å². The van der Waals surface area contributed by atoms with Crippen LogP contribution in [0.4, 0.5) is 17.3 Å². The number of aliphatic hydroxyl groups is 1. The molecule has 2 amide bonds. The lowest BCUT2D eigenvalue weighted by Gasteiger charge is -2.37. The number of aromatic nitrogens is 5. The molecule has 0 unspecified atom stereocenters. The molecule has 1 saturated heterocycles. The maximum Gasteiger partial charge on any atom is 0.260 e. The molecule has 0 saturated carbocycles. The summed E-state index contributed by atoms with van der Waals surface area (Å²) in [5.74, 6) is -0.595. The molecular formula is C25H28N8O6. The third-order valence-corrected chi connectivity index (χ3v) is 5.96. The molecular weight excluding hydrogens is 508 g/mol. The summed E-state index contributed by atoms with van der Waals surface area (Å²) >= 11 is 0. The summed E-state index contributed by atoms with van der Waals surface area (Å²) in [4.78, 5) is 27.8. The highest BCUT2D eigenvalue weighted by Crippen LogP contribution is 2.28. The minimum Gasteiger partial charge on any atom is -0.471 e. The molecule has 5 rings (SSSR count). The van der Waals surface area contributed by atoms with Crippen LogP contribution in [0.5, 0.6) is 5.88 Å². The predicted octanol–water partition coefficient (Wildman–Crippen LogP) is 1.68. The van der Waals surface area contributed by atoms with Gasteiger partial charge in [0.15, 0.2) is 28.9 Å². The Bertz CT molecular complexity index is 1540. The van der Waals surface area contributed by atoms with Crippen LogP contribution in [0.2, 0.25) is 0 Å². The van der Waals surface area contributed by atoms with E-state index >= 15 is 0 Å². The highest BCUT2D eigenvalue weighted by Gasteiger charge is 2.49. The fourth-order valence-corrected chi connectivity index (χ4v) is 4.05. The Morgan fingerprint density at radius 1 is 1.23 bits per heavy atom. The number of benzene rings is 1. The standard InChI is InChI=1S/C25H28N8O6/c1-24(2,3)38-19-12-15(13-27-29-19)33-8-7-18(30-33)32-9-10-37-20(22(32)34)25(4,36)23(35)28-14-5-6-16-17(11-14)39-31-21(16)26/h5-8,11-13,20,36H,9-10H2,1-4H3,(H2,26,31)(H,28,35)/t20-,25+/m0/s1. The van der Waals surface area contributed by atoms with Crippen LogP contribution in [0.3, 0.4) is 0 Å². The molecule has 1 aliphatic rings. The fraction of sp³-hybridized carbons (Fsp3) is 0.360. The molecule has 4 aromatic rings. The van der Waals surface area contributed by atoms with Crippen molar-refractivity contribution < 1.29 is 28.7 Å². The van der Waals surface area contributed by atoms with E-state index in [0.717, 1.165) is 0 Å². The van der Waals surface area contributed by atoms with E-state index in [1.54, 1.807) is 30.5 Å². The van der Waals surface area contributed by atoms with Gasteiger partial charge in [-0.1, -0.05) is 5.16 Å². The van der Waals surface area contributed by atoms with E-state index in [4.69, 9.17) is 19.7 Å². The van der Waals surface area contributed by atoms with Gasteiger partial charge in [0.05, 0.1) is 30.4 Å². The summed E-state index contributed by atoms with van der Waals surface area (Å²) in [6.07, 6.45) is 1.69. The number of nitrogen functional groups attached to an aromatic ring is 1. The highest BCUT2D eigenvalue weighted by atomic mass is 16.5. The average molecular weight is 537 g/mol. The number of hydrogen-bond acceptors (Lipinski definition) is 11. The van der Waals surface area contributed by atoms with Crippen LogP contribution in [0.1, 0.15) is 27.7 Å². The Hall–Kier alpha value is -4.56. The second-order valence-corrected chi connectivity index (χ2v) is 10.2. The van der Waals surface area contributed by atoms with Gasteiger partial charge < -0.3 is 30.2 Å². The van der Waals surface area contributed by atoms with Crippen molar-refractivity contribution in [3.05, 3.63) is 42.7 Å². The van der Waals surface area contributed by atoms with Crippen molar-refractivity contribution in [3.63, 3.8) is 0 Å². The molecule has 14 nitrogen and oxygen atoms in total. The molecule has 0 spiro atoms. The molecule has 0 aliphatic carbocycles. The van der Waals surface area contributed by atoms with Crippen molar-refractivity contribution in [2.24, 2.45) is 0 Å². The number of carbonyl (C=O) groups is 2. The molecule has 204 valence electrons. The molecule has 1 aromatic carbocycles. The number of nitrogens with zero attached hydrogens (tertiary/aromatic N) is 6. The second-order valence-electron chi connectivity index (χ2n) is 10.2. The quantitative estimate of drug-likeness (QED) is 0.326. The third kappa shape index (κ3) is 5.24. The number of nitrogens with one attached hydrogen (secondary N) is 1. The minimum absolute atomic E-state index is 0.0797. The molecule has 1 aliphatic heterocycles. The van der Waals surface area contributed by atoms with Crippen LogP contribution in [0.25, 0.3) is 16.7 Å². The van der Waals surface area contributed by atoms with Gasteiger partial charge in [-0.05, 0) is 39.8 Å². The van der Waals surface area contributed by atoms with Gasteiger partial charge in [0.2, 0.25) is 5.88 Å². The summed E-state index contributed by atoms with van der Waals surface area (Å²) in [5, 5.41) is 30.4. The average Bonchev–Trinajstić information content (AvgIpc) is 3.50. The van der Waals surface area contributed by atoms with Crippen LogP contribution in [0, 0.1) is 0 Å². The van der Waals surface area contributed by atoms with Gasteiger partial charge in [-0.3, -0.25) is 14.5 Å². The summed E-state index contributed by atoms with van der Waals surface area (Å²) in [6.45, 7) is 7.17. The number of anilines is 3. The van der Waals surface area contributed by atoms with Crippen LogP contribution in [-0.4, -0.2) is 72.5 Å². The zero-order valence-electron chi connectivity index (χ0n) is 21.8. The number of amides is 2. The Labute approximate surface area is 222 Å². The van der Waals surface area contributed by atoms with Gasteiger partial charge in [0.25, 0.3) is 11.8 Å². The van der Waals surface area contributed by atoms with Crippen LogP contribution >= 0.6 is 0 Å². The molecule has 3 aromatic heterocycles. The number of carbonyl (C=O) groups excluding carboxylic acids is 2. The van der Waals surface area contributed by atoms with Crippen LogP contribution in [0.15, 0.2) is 47.2 Å². The first-order valence-corrected chi connectivity index (χ1v) is 12.1. The smallest absolute Gasteiger partial charge is 0.260 e. The van der Waals surface area contributed by atoms with Gasteiger partial charge >= 0.3 is 0 Å². The first kappa shape index (κ1) is 26.1. The topological polar surface area (TPSA) is 184 Å². The summed E-state index contributed by atoms with van der Waals surface area (Å²) < 4.78 is 18.0. The van der Waals surface area contributed by atoms with Gasteiger partial charge in [0.1, 0.15) is 5.60 Å². The Morgan fingerprint density at radius 3 is 2.79 bits per heavy atom. The number of ether oxygens (including phenoxy) is 2. The van der Waals surface area contributed by atoms with E-state index in [2.05, 4.69) is 25.8 Å². The van der Waals surface area contributed by atoms with Gasteiger partial charge in [0, 0.05) is 30.1 Å². The number of morpholine rings is 1. The molecule has 4 heterocycles. The fourth-order valence-electron chi connectivity index (χ4n) is 4.05. The Morgan fingerprint density at radius 2 is 2.03 bits per heavy atom. The maximum absolute atomic E-state index is 13.4. The molecule has 0 radical (unpaired) electrons. The van der Waals surface area contributed by atoms with Crippen molar-refractivity contribution in [2.45, 2.75) is 45.0 Å². The summed E-state index contributed by atoms with van der Waals surface area (Å²) in [7, 11) is 0. The van der Waals surface area contributed by atoms with Crippen molar-refractivity contribution in [1.29, 1.82) is 0 Å². The number of nitrogens with two attached hydrogens (primary N) is 1. The maximum atomic E-state index is 13.4. The van der Waals surface area contributed by atoms with Gasteiger partial charge in [-0.2, -0.15) is 5.10 Å². The van der Waals surface area contributed by atoms with Gasteiger partial charge in [-0.15, -0.1) is 10.2 Å². The van der Waals surface area contributed by atoms with Crippen molar-refractivity contribution in [1.82, 2.24) is 25.1 Å². The normalized spacial score (nSPS) is 17.7. The molecule has 39 heavy (non-hydrogen) atoms. The molecule has 0 bridgehead atoms. The lowest BCUT2D eigenvalue weighted by atomic mass is 9.95. The van der Waals surface area contributed by atoms with Gasteiger partial charge in [-0.25, -0.2) is 4.68 Å². The predicted molar refractivity (Wildman–Crippen MR) is 139 cm³/mol. The minimum atomic E-state index is -2.21. The lowest BCUT2D eigenvalue weighted by molar-refractivity contribution is -0.165. The van der Waals surface area contributed by atoms with Crippen molar-refractivity contribution in [3.8, 4) is 11.6 Å². The van der Waals surface area contributed by atoms with Crippen molar-refractivity contribution in [2.75, 3.05) is 29.1 Å². The van der Waals surface area contributed by atoms with E-state index < -0.39 is 29.1 Å². The molecule has 4 N–H and O–H groups in total. The zero-order valence-corrected chi connectivity index (χ0v) is 21.8. The Kier molecular flexibility index (Phi) is 6.44. The van der Waals surface area contributed by atoms with Crippen LogP contribution < -0.4 is 20.7 Å². The van der Waals surface area contributed by atoms with E-state index in [1.807, 2.05) is 20.8 Å². The van der Waals surface area contributed by atoms with E-state index in [-0.39, 0.29) is 19.0 Å². The molecule has 1 fully saturated rings. The first-order valence-electron chi connectivity index (χ1n) is 12.1. The van der Waals surface area contributed by atoms with Crippen molar-refractivity contribution >= 4 is 40.1 Å². The van der Waals surface area contributed by atoms with E-state index in [9.17, 15) is 14.7 Å². The van der Waals surface area contributed by atoms with E-state index in [0.29, 0.717) is 34.0 Å². The molecule has 14 heteroatoms. The highest BCUT2D eigenvalue weighted by molar-refractivity contribution is 6.06.